The Morgan fingerprint density at radius 1 is 1.00 bits per heavy atom. The molecule has 0 N–H and O–H groups in total. The van der Waals surface area contributed by atoms with Crippen LogP contribution in [0.5, 0.6) is 0 Å². The number of carbonyl (C=O) groups excluding carboxylic acids is 1. The Bertz CT molecular complexity index is 940. The first-order valence-corrected chi connectivity index (χ1v) is 8.67. The van der Waals surface area contributed by atoms with Crippen molar-refractivity contribution in [1.82, 2.24) is 14.7 Å². The molecule has 0 spiro atoms. The van der Waals surface area contributed by atoms with E-state index in [4.69, 9.17) is 4.74 Å². The topological polar surface area (TPSA) is 64.4 Å². The van der Waals surface area contributed by atoms with E-state index in [0.717, 1.165) is 5.56 Å². The highest BCUT2D eigenvalue weighted by molar-refractivity contribution is 5.92. The lowest BCUT2D eigenvalue weighted by Gasteiger charge is -2.22. The third-order valence-corrected chi connectivity index (χ3v) is 4.09. The molecule has 0 aliphatic rings. The number of amides is 1. The maximum atomic E-state index is 13.0. The second kappa shape index (κ2) is 8.91. The largest absolute Gasteiger partial charge is 0.383 e. The molecule has 1 aromatic heterocycles. The summed E-state index contributed by atoms with van der Waals surface area (Å²) < 4.78 is 6.38. The van der Waals surface area contributed by atoms with Crippen LogP contribution in [0.4, 0.5) is 0 Å². The molecule has 0 unspecified atom stereocenters. The number of aromatic nitrogens is 2. The van der Waals surface area contributed by atoms with Gasteiger partial charge in [-0.15, -0.1) is 0 Å². The number of ether oxygens (including phenoxy) is 1. The predicted octanol–water partition coefficient (Wildman–Crippen LogP) is 2.52. The average molecular weight is 363 g/mol. The Labute approximate surface area is 157 Å². The maximum Gasteiger partial charge on any atom is 0.274 e. The van der Waals surface area contributed by atoms with E-state index >= 15 is 0 Å². The van der Waals surface area contributed by atoms with Crippen molar-refractivity contribution in [3.05, 3.63) is 94.4 Å². The van der Waals surface area contributed by atoms with E-state index in [2.05, 4.69) is 5.10 Å². The van der Waals surface area contributed by atoms with Crippen molar-refractivity contribution < 1.29 is 9.53 Å². The monoisotopic (exact) mass is 363 g/mol. The van der Waals surface area contributed by atoms with Crippen LogP contribution < -0.4 is 5.56 Å². The number of methoxy groups -OCH3 is 1. The van der Waals surface area contributed by atoms with Crippen molar-refractivity contribution in [2.45, 2.75) is 6.54 Å². The molecule has 0 bridgehead atoms. The molecule has 6 heteroatoms. The van der Waals surface area contributed by atoms with Crippen LogP contribution in [-0.4, -0.2) is 40.8 Å². The van der Waals surface area contributed by atoms with Crippen molar-refractivity contribution in [1.29, 1.82) is 0 Å². The summed E-state index contributed by atoms with van der Waals surface area (Å²) in [5, 5.41) is 4.29. The molecule has 0 radical (unpaired) electrons. The lowest BCUT2D eigenvalue weighted by molar-refractivity contribution is 0.0672. The van der Waals surface area contributed by atoms with Gasteiger partial charge >= 0.3 is 0 Å². The van der Waals surface area contributed by atoms with Gasteiger partial charge < -0.3 is 9.64 Å². The van der Waals surface area contributed by atoms with Gasteiger partial charge in [0, 0.05) is 26.3 Å². The third-order valence-electron chi connectivity index (χ3n) is 4.09. The zero-order chi connectivity index (χ0) is 19.1. The molecule has 2 aromatic carbocycles. The molecule has 0 aliphatic carbocycles. The highest BCUT2D eigenvalue weighted by atomic mass is 16.5. The fraction of sp³-hybridized carbons (Fsp3) is 0.190. The van der Waals surface area contributed by atoms with Crippen molar-refractivity contribution in [2.75, 3.05) is 20.3 Å². The quantitative estimate of drug-likeness (QED) is 0.647. The van der Waals surface area contributed by atoms with E-state index in [-0.39, 0.29) is 17.2 Å². The van der Waals surface area contributed by atoms with Crippen molar-refractivity contribution in [3.8, 4) is 5.69 Å². The average Bonchev–Trinajstić information content (AvgIpc) is 2.72. The van der Waals surface area contributed by atoms with E-state index in [1.165, 1.54) is 16.8 Å². The Morgan fingerprint density at radius 3 is 2.33 bits per heavy atom. The maximum absolute atomic E-state index is 13.0. The SMILES string of the molecule is COCCN(Cc1ccccc1)C(=O)c1ccc(=O)n(-c2ccccc2)n1. The summed E-state index contributed by atoms with van der Waals surface area (Å²) in [4.78, 5) is 26.9. The summed E-state index contributed by atoms with van der Waals surface area (Å²) >= 11 is 0. The molecule has 3 aromatic rings. The van der Waals surface area contributed by atoms with E-state index in [9.17, 15) is 9.59 Å². The fourth-order valence-electron chi connectivity index (χ4n) is 2.70. The number of hydrogen-bond acceptors (Lipinski definition) is 4. The standard InChI is InChI=1S/C21H21N3O3/c1-27-15-14-23(16-17-8-4-2-5-9-17)21(26)19-12-13-20(25)24(22-19)18-10-6-3-7-11-18/h2-13H,14-16H2,1H3. The Kier molecular flexibility index (Phi) is 6.12. The van der Waals surface area contributed by atoms with Gasteiger partial charge in [0.15, 0.2) is 0 Å². The third kappa shape index (κ3) is 4.68. The van der Waals surface area contributed by atoms with E-state index < -0.39 is 0 Å². The van der Waals surface area contributed by atoms with Gasteiger partial charge in [-0.1, -0.05) is 48.5 Å². The molecule has 0 saturated heterocycles. The van der Waals surface area contributed by atoms with Gasteiger partial charge in [-0.3, -0.25) is 9.59 Å². The van der Waals surface area contributed by atoms with Crippen LogP contribution >= 0.6 is 0 Å². The molecule has 27 heavy (non-hydrogen) atoms. The number of para-hydroxylation sites is 1. The first-order valence-electron chi connectivity index (χ1n) is 8.67. The van der Waals surface area contributed by atoms with Crippen molar-refractivity contribution in [2.24, 2.45) is 0 Å². The minimum atomic E-state index is -0.288. The second-order valence-electron chi connectivity index (χ2n) is 6.01. The molecular formula is C21H21N3O3. The number of nitrogens with zero attached hydrogens (tertiary/aromatic N) is 3. The fourth-order valence-corrected chi connectivity index (χ4v) is 2.70. The van der Waals surface area contributed by atoms with E-state index in [1.807, 2.05) is 48.5 Å². The van der Waals surface area contributed by atoms with E-state index in [1.54, 1.807) is 24.1 Å². The van der Waals surface area contributed by atoms with E-state index in [0.29, 0.717) is 25.4 Å². The predicted molar refractivity (Wildman–Crippen MR) is 103 cm³/mol. The summed E-state index contributed by atoms with van der Waals surface area (Å²) in [7, 11) is 1.60. The molecule has 6 nitrogen and oxygen atoms in total. The molecule has 1 amide bonds. The highest BCUT2D eigenvalue weighted by Gasteiger charge is 2.19. The van der Waals surface area contributed by atoms with Crippen LogP contribution in [0, 0.1) is 0 Å². The van der Waals surface area contributed by atoms with Crippen LogP contribution in [0.3, 0.4) is 0 Å². The van der Waals surface area contributed by atoms with Gasteiger partial charge in [-0.25, -0.2) is 0 Å². The van der Waals surface area contributed by atoms with Gasteiger partial charge in [0.2, 0.25) is 0 Å². The smallest absolute Gasteiger partial charge is 0.274 e. The van der Waals surface area contributed by atoms with Gasteiger partial charge in [-0.2, -0.15) is 9.78 Å². The zero-order valence-electron chi connectivity index (χ0n) is 15.1. The molecule has 0 saturated carbocycles. The lowest BCUT2D eigenvalue weighted by Crippen LogP contribution is -2.35. The number of rotatable bonds is 7. The Balaban J connectivity index is 1.90. The van der Waals surface area contributed by atoms with Crippen LogP contribution in [0.25, 0.3) is 5.69 Å². The number of carbonyl (C=O) groups is 1. The Morgan fingerprint density at radius 2 is 1.67 bits per heavy atom. The van der Waals surface area contributed by atoms with Crippen LogP contribution in [-0.2, 0) is 11.3 Å². The zero-order valence-corrected chi connectivity index (χ0v) is 15.1. The van der Waals surface area contributed by atoms with Crippen LogP contribution in [0.15, 0.2) is 77.6 Å². The minimum absolute atomic E-state index is 0.213. The summed E-state index contributed by atoms with van der Waals surface area (Å²) in [6.45, 7) is 1.28. The first kappa shape index (κ1) is 18.5. The number of benzene rings is 2. The lowest BCUT2D eigenvalue weighted by atomic mass is 10.2. The molecule has 0 atom stereocenters. The minimum Gasteiger partial charge on any atom is -0.383 e. The van der Waals surface area contributed by atoms with Crippen molar-refractivity contribution >= 4 is 5.91 Å². The van der Waals surface area contributed by atoms with Gasteiger partial charge in [0.25, 0.3) is 11.5 Å². The highest BCUT2D eigenvalue weighted by Crippen LogP contribution is 2.09. The molecule has 0 aliphatic heterocycles. The van der Waals surface area contributed by atoms with Gasteiger partial charge in [-0.05, 0) is 23.8 Å². The second-order valence-corrected chi connectivity index (χ2v) is 6.01. The van der Waals surface area contributed by atoms with Gasteiger partial charge in [0.1, 0.15) is 5.69 Å². The molecule has 1 heterocycles. The molecule has 138 valence electrons. The summed E-state index contributed by atoms with van der Waals surface area (Å²) in [5.41, 5.74) is 1.55. The van der Waals surface area contributed by atoms with Gasteiger partial charge in [0.05, 0.1) is 12.3 Å². The Hall–Kier alpha value is -3.25. The summed E-state index contributed by atoms with van der Waals surface area (Å²) in [6.07, 6.45) is 0. The molecule has 0 fully saturated rings. The van der Waals surface area contributed by atoms with Crippen LogP contribution in [0.2, 0.25) is 0 Å². The normalized spacial score (nSPS) is 10.6. The van der Waals surface area contributed by atoms with Crippen molar-refractivity contribution in [3.63, 3.8) is 0 Å². The molecular weight excluding hydrogens is 342 g/mol. The summed E-state index contributed by atoms with van der Waals surface area (Å²) in [6, 6.07) is 21.6. The number of hydrogen-bond donors (Lipinski definition) is 0. The molecule has 3 rings (SSSR count). The van der Waals surface area contributed by atoms with Crippen LogP contribution in [0.1, 0.15) is 16.1 Å². The first-order chi connectivity index (χ1) is 13.2. The summed E-state index contributed by atoms with van der Waals surface area (Å²) in [5.74, 6) is -0.249.